The third kappa shape index (κ3) is 3.01. The van der Waals surface area contributed by atoms with Gasteiger partial charge in [0.1, 0.15) is 5.82 Å². The molecule has 3 rings (SSSR count). The van der Waals surface area contributed by atoms with E-state index in [1.807, 2.05) is 0 Å². The van der Waals surface area contributed by atoms with Gasteiger partial charge in [0.2, 0.25) is 5.91 Å². The summed E-state index contributed by atoms with van der Waals surface area (Å²) in [5.74, 6) is 0.186. The number of halogens is 1. The number of hydrogen-bond donors (Lipinski definition) is 2. The zero-order valence-corrected chi connectivity index (χ0v) is 11.8. The van der Waals surface area contributed by atoms with Gasteiger partial charge >= 0.3 is 0 Å². The summed E-state index contributed by atoms with van der Waals surface area (Å²) in [6, 6.07) is 6.03. The Morgan fingerprint density at radius 1 is 1.35 bits per heavy atom. The van der Waals surface area contributed by atoms with Crippen molar-refractivity contribution in [2.75, 3.05) is 5.32 Å². The SMILES string of the molecule is Cc1ccc(NC(=O)CC2CC3CCC(C2)N3)cc1F. The Morgan fingerprint density at radius 2 is 2.05 bits per heavy atom. The average molecular weight is 276 g/mol. The molecule has 108 valence electrons. The third-order valence-electron chi connectivity index (χ3n) is 4.50. The van der Waals surface area contributed by atoms with E-state index in [0.29, 0.717) is 35.7 Å². The fraction of sp³-hybridized carbons (Fsp3) is 0.562. The standard InChI is InChI=1S/C16H21FN2O/c1-10-2-3-14(9-15(10)17)19-16(20)8-11-6-12-4-5-13(7-11)18-12/h2-3,9,11-13,18H,4-8H2,1H3,(H,19,20). The van der Waals surface area contributed by atoms with Gasteiger partial charge in [-0.1, -0.05) is 6.07 Å². The van der Waals surface area contributed by atoms with Crippen molar-refractivity contribution < 1.29 is 9.18 Å². The molecule has 2 unspecified atom stereocenters. The van der Waals surface area contributed by atoms with Crippen molar-refractivity contribution in [2.24, 2.45) is 5.92 Å². The summed E-state index contributed by atoms with van der Waals surface area (Å²) in [6.45, 7) is 1.71. The van der Waals surface area contributed by atoms with Gasteiger partial charge in [-0.2, -0.15) is 0 Å². The van der Waals surface area contributed by atoms with Gasteiger partial charge in [-0.05, 0) is 56.2 Å². The Balaban J connectivity index is 1.55. The number of anilines is 1. The fourth-order valence-electron chi connectivity index (χ4n) is 3.49. The highest BCUT2D eigenvalue weighted by Crippen LogP contribution is 2.32. The number of benzene rings is 1. The van der Waals surface area contributed by atoms with Gasteiger partial charge < -0.3 is 10.6 Å². The van der Waals surface area contributed by atoms with Crippen molar-refractivity contribution >= 4 is 11.6 Å². The molecule has 0 spiro atoms. The molecule has 0 aromatic heterocycles. The van der Waals surface area contributed by atoms with E-state index in [-0.39, 0.29) is 11.7 Å². The smallest absolute Gasteiger partial charge is 0.224 e. The molecule has 3 nitrogen and oxygen atoms in total. The Kier molecular flexibility index (Phi) is 3.74. The van der Waals surface area contributed by atoms with Crippen molar-refractivity contribution in [3.05, 3.63) is 29.6 Å². The van der Waals surface area contributed by atoms with Crippen LogP contribution in [0.1, 0.15) is 37.7 Å². The number of carbonyl (C=O) groups excluding carboxylic acids is 1. The number of hydrogen-bond acceptors (Lipinski definition) is 2. The largest absolute Gasteiger partial charge is 0.326 e. The number of fused-ring (bicyclic) bond motifs is 2. The first kappa shape index (κ1) is 13.6. The highest BCUT2D eigenvalue weighted by atomic mass is 19.1. The minimum Gasteiger partial charge on any atom is -0.326 e. The first-order valence-corrected chi connectivity index (χ1v) is 7.42. The molecule has 2 heterocycles. The van der Waals surface area contributed by atoms with Crippen LogP contribution in [-0.4, -0.2) is 18.0 Å². The van der Waals surface area contributed by atoms with Crippen LogP contribution in [-0.2, 0) is 4.79 Å². The normalized spacial score (nSPS) is 28.4. The van der Waals surface area contributed by atoms with E-state index in [1.54, 1.807) is 19.1 Å². The molecule has 20 heavy (non-hydrogen) atoms. The van der Waals surface area contributed by atoms with E-state index in [4.69, 9.17) is 0 Å². The summed E-state index contributed by atoms with van der Waals surface area (Å²) in [5.41, 5.74) is 1.15. The molecule has 2 aliphatic heterocycles. The van der Waals surface area contributed by atoms with E-state index < -0.39 is 0 Å². The zero-order chi connectivity index (χ0) is 14.1. The minimum absolute atomic E-state index is 0.000414. The Bertz CT molecular complexity index is 505. The number of rotatable bonds is 3. The predicted octanol–water partition coefficient (Wildman–Crippen LogP) is 2.99. The van der Waals surface area contributed by atoms with E-state index in [2.05, 4.69) is 10.6 Å². The number of amides is 1. The molecule has 2 bridgehead atoms. The van der Waals surface area contributed by atoms with Crippen LogP contribution in [0.3, 0.4) is 0 Å². The summed E-state index contributed by atoms with van der Waals surface area (Å²) < 4.78 is 13.4. The van der Waals surface area contributed by atoms with Gasteiger partial charge in [0.05, 0.1) is 0 Å². The van der Waals surface area contributed by atoms with Crippen LogP contribution in [0.25, 0.3) is 0 Å². The van der Waals surface area contributed by atoms with Crippen molar-refractivity contribution in [1.29, 1.82) is 0 Å². The topological polar surface area (TPSA) is 41.1 Å². The first-order chi connectivity index (χ1) is 9.60. The van der Waals surface area contributed by atoms with E-state index >= 15 is 0 Å². The second-order valence-corrected chi connectivity index (χ2v) is 6.19. The molecule has 0 saturated carbocycles. The predicted molar refractivity (Wildman–Crippen MR) is 77.1 cm³/mol. The molecule has 0 radical (unpaired) electrons. The van der Waals surface area contributed by atoms with Gasteiger partial charge in [0.25, 0.3) is 0 Å². The summed E-state index contributed by atoms with van der Waals surface area (Å²) in [7, 11) is 0. The molecular formula is C16H21FN2O. The van der Waals surface area contributed by atoms with Crippen molar-refractivity contribution in [1.82, 2.24) is 5.32 Å². The van der Waals surface area contributed by atoms with Gasteiger partial charge in [0.15, 0.2) is 0 Å². The van der Waals surface area contributed by atoms with Crippen LogP contribution in [0.4, 0.5) is 10.1 Å². The lowest BCUT2D eigenvalue weighted by atomic mass is 9.89. The second-order valence-electron chi connectivity index (χ2n) is 6.19. The van der Waals surface area contributed by atoms with Crippen LogP contribution in [0.5, 0.6) is 0 Å². The highest BCUT2D eigenvalue weighted by Gasteiger charge is 2.34. The molecule has 2 saturated heterocycles. The molecule has 2 aliphatic rings. The summed E-state index contributed by atoms with van der Waals surface area (Å²) >= 11 is 0. The zero-order valence-electron chi connectivity index (χ0n) is 11.8. The lowest BCUT2D eigenvalue weighted by Gasteiger charge is -2.28. The van der Waals surface area contributed by atoms with Crippen LogP contribution in [0.15, 0.2) is 18.2 Å². The van der Waals surface area contributed by atoms with Crippen molar-refractivity contribution in [3.8, 4) is 0 Å². The molecule has 4 heteroatoms. The summed E-state index contributed by atoms with van der Waals surface area (Å²) in [6.07, 6.45) is 5.21. The number of piperidine rings is 1. The molecule has 0 aliphatic carbocycles. The van der Waals surface area contributed by atoms with Gasteiger partial charge in [0, 0.05) is 24.2 Å². The van der Waals surface area contributed by atoms with E-state index in [1.165, 1.54) is 18.9 Å². The van der Waals surface area contributed by atoms with Gasteiger partial charge in [-0.3, -0.25) is 4.79 Å². The van der Waals surface area contributed by atoms with E-state index in [0.717, 1.165) is 12.8 Å². The van der Waals surface area contributed by atoms with E-state index in [9.17, 15) is 9.18 Å². The van der Waals surface area contributed by atoms with Crippen LogP contribution in [0.2, 0.25) is 0 Å². The average Bonchev–Trinajstić information content (AvgIpc) is 2.73. The fourth-order valence-corrected chi connectivity index (χ4v) is 3.49. The maximum Gasteiger partial charge on any atom is 0.224 e. The lowest BCUT2D eigenvalue weighted by Crippen LogP contribution is -2.39. The lowest BCUT2D eigenvalue weighted by molar-refractivity contribution is -0.117. The summed E-state index contributed by atoms with van der Waals surface area (Å²) in [5, 5.41) is 6.38. The summed E-state index contributed by atoms with van der Waals surface area (Å²) in [4.78, 5) is 12.1. The second kappa shape index (κ2) is 5.52. The van der Waals surface area contributed by atoms with Crippen molar-refractivity contribution in [2.45, 2.75) is 51.1 Å². The maximum atomic E-state index is 13.4. The molecule has 1 amide bonds. The molecule has 1 aromatic carbocycles. The minimum atomic E-state index is -0.275. The number of aryl methyl sites for hydroxylation is 1. The Morgan fingerprint density at radius 3 is 2.70 bits per heavy atom. The monoisotopic (exact) mass is 276 g/mol. The Hall–Kier alpha value is -1.42. The molecule has 2 N–H and O–H groups in total. The number of carbonyl (C=O) groups is 1. The maximum absolute atomic E-state index is 13.4. The van der Waals surface area contributed by atoms with Gasteiger partial charge in [-0.25, -0.2) is 4.39 Å². The number of nitrogens with one attached hydrogen (secondary N) is 2. The first-order valence-electron chi connectivity index (χ1n) is 7.42. The van der Waals surface area contributed by atoms with Gasteiger partial charge in [-0.15, -0.1) is 0 Å². The molecule has 2 atom stereocenters. The van der Waals surface area contributed by atoms with Crippen LogP contribution < -0.4 is 10.6 Å². The highest BCUT2D eigenvalue weighted by molar-refractivity contribution is 5.90. The molecule has 1 aromatic rings. The molecular weight excluding hydrogens is 255 g/mol. The van der Waals surface area contributed by atoms with Crippen LogP contribution >= 0.6 is 0 Å². The van der Waals surface area contributed by atoms with Crippen LogP contribution in [0, 0.1) is 18.7 Å². The Labute approximate surface area is 118 Å². The third-order valence-corrected chi connectivity index (χ3v) is 4.50. The molecule has 2 fully saturated rings. The van der Waals surface area contributed by atoms with Crippen molar-refractivity contribution in [3.63, 3.8) is 0 Å². The quantitative estimate of drug-likeness (QED) is 0.891.